The average Bonchev–Trinajstić information content (AvgIpc) is 3.70. The summed E-state index contributed by atoms with van der Waals surface area (Å²) in [5, 5.41) is 12.1. The minimum Gasteiger partial charge on any atom is -0.494 e. The topological polar surface area (TPSA) is 200 Å². The molecule has 0 spiro atoms. The summed E-state index contributed by atoms with van der Waals surface area (Å²) in [6, 6.07) is 12.1. The van der Waals surface area contributed by atoms with Crippen LogP contribution in [0.15, 0.2) is 61.1 Å². The number of unbranched alkanes of at least 4 members (excludes halogenated alkanes) is 1. The number of amides is 4. The molecule has 21 heteroatoms. The molecule has 0 saturated carbocycles. The lowest BCUT2D eigenvalue weighted by Gasteiger charge is -2.43. The van der Waals surface area contributed by atoms with E-state index in [2.05, 4.69) is 64.4 Å². The first-order valence-electron chi connectivity index (χ1n) is 24.0. The van der Waals surface area contributed by atoms with Crippen LogP contribution in [0, 0.1) is 11.8 Å². The second-order valence-electron chi connectivity index (χ2n) is 18.6. The standard InChI is InChI=1S/C51H57ClFN10O8P/c1-31(53)48(65)56-38-27-39(57-51-54-29-36(52)47(59-51)55-37-12-14-42-45(71-26-25-70-42)46(37)72(3,4)68)43(69-2)28-41(38)62-19-16-33(17-20-62)61-23-21-60(22-24-61)18-7-5-6-9-32-10-8-11-34-35(32)30-63(50(34)67)40-13-15-44(64)58-49(40)66/h8,10-12,14,27-29,33,40H,1,5,7,13,15-26,30H2,2-4H3,(H,56,65)(H,58,64,66)(H2,54,55,57,59). The van der Waals surface area contributed by atoms with Gasteiger partial charge in [0.1, 0.15) is 37.2 Å². The molecule has 1 atom stereocenters. The molecular formula is C51H57ClFN10O8P. The van der Waals surface area contributed by atoms with Gasteiger partial charge in [0, 0.05) is 81.9 Å². The van der Waals surface area contributed by atoms with Gasteiger partial charge in [-0.25, -0.2) is 9.37 Å². The molecule has 4 N–H and O–H groups in total. The van der Waals surface area contributed by atoms with Gasteiger partial charge >= 0.3 is 0 Å². The van der Waals surface area contributed by atoms with Crippen molar-refractivity contribution in [1.82, 2.24) is 30.0 Å². The first-order valence-corrected chi connectivity index (χ1v) is 27.0. The molecule has 3 saturated heterocycles. The zero-order valence-electron chi connectivity index (χ0n) is 40.4. The maximum Gasteiger partial charge on any atom is 0.283 e. The van der Waals surface area contributed by atoms with Crippen molar-refractivity contribution in [3.05, 3.63) is 82.8 Å². The summed E-state index contributed by atoms with van der Waals surface area (Å²) in [5.41, 5.74) is 4.05. The predicted octanol–water partition coefficient (Wildman–Crippen LogP) is 6.25. The number of carbonyl (C=O) groups excluding carboxylic acids is 4. The fourth-order valence-corrected chi connectivity index (χ4v) is 11.5. The van der Waals surface area contributed by atoms with Crippen LogP contribution < -0.4 is 45.7 Å². The number of methoxy groups -OCH3 is 1. The monoisotopic (exact) mass is 1020 g/mol. The van der Waals surface area contributed by atoms with E-state index < -0.39 is 30.8 Å². The number of piperidine rings is 2. The van der Waals surface area contributed by atoms with Gasteiger partial charge in [0.25, 0.3) is 11.8 Å². The zero-order chi connectivity index (χ0) is 50.7. The smallest absolute Gasteiger partial charge is 0.283 e. The molecule has 6 heterocycles. The minimum absolute atomic E-state index is 0.123. The second-order valence-corrected chi connectivity index (χ2v) is 22.2. The third-order valence-corrected chi connectivity index (χ3v) is 15.4. The highest BCUT2D eigenvalue weighted by Crippen LogP contribution is 2.47. The van der Waals surface area contributed by atoms with Crippen molar-refractivity contribution in [2.45, 2.75) is 57.2 Å². The number of carbonyl (C=O) groups is 4. The molecule has 1 aromatic heterocycles. The Bertz CT molecular complexity index is 2930. The van der Waals surface area contributed by atoms with Gasteiger partial charge in [0.05, 0.1) is 41.4 Å². The Labute approximate surface area is 422 Å². The maximum atomic E-state index is 14.2. The number of nitrogens with zero attached hydrogens (tertiary/aromatic N) is 6. The second kappa shape index (κ2) is 21.6. The molecular weight excluding hydrogens is 966 g/mol. The van der Waals surface area contributed by atoms with Crippen molar-refractivity contribution in [1.29, 1.82) is 0 Å². The molecule has 18 nitrogen and oxygen atoms in total. The van der Waals surface area contributed by atoms with Crippen LogP contribution in [0.25, 0.3) is 0 Å². The fraction of sp³-hybridized carbons (Fsp3) is 0.412. The Morgan fingerprint density at radius 3 is 2.51 bits per heavy atom. The molecule has 4 amide bonds. The SMILES string of the molecule is C=C(F)C(=O)Nc1cc(Nc2ncc(Cl)c(Nc3ccc4c(c3P(C)(C)=O)OCCO4)n2)c(OC)cc1N1CCC(N2CCN(CCCC#Cc3cccc4c3CN(C3CCC(=O)NC3=O)C4=O)CC2)CC1. The van der Waals surface area contributed by atoms with Crippen LogP contribution in [0.3, 0.4) is 0 Å². The lowest BCUT2D eigenvalue weighted by Crippen LogP contribution is -2.53. The Morgan fingerprint density at radius 2 is 1.78 bits per heavy atom. The average molecular weight is 1020 g/mol. The Hall–Kier alpha value is -6.71. The van der Waals surface area contributed by atoms with Gasteiger partial charge in [-0.3, -0.25) is 29.4 Å². The Morgan fingerprint density at radius 1 is 1.00 bits per heavy atom. The number of nitrogens with one attached hydrogen (secondary N) is 4. The Kier molecular flexibility index (Phi) is 15.0. The van der Waals surface area contributed by atoms with Crippen LogP contribution in [0.4, 0.5) is 38.9 Å². The molecule has 4 aromatic rings. The molecule has 0 bridgehead atoms. The van der Waals surface area contributed by atoms with Gasteiger partial charge in [0.15, 0.2) is 23.1 Å². The largest absolute Gasteiger partial charge is 0.494 e. The van der Waals surface area contributed by atoms with Gasteiger partial charge in [-0.2, -0.15) is 4.98 Å². The summed E-state index contributed by atoms with van der Waals surface area (Å²) in [4.78, 5) is 67.9. The first-order chi connectivity index (χ1) is 34.6. The number of rotatable bonds is 14. The van der Waals surface area contributed by atoms with Crippen LogP contribution in [-0.4, -0.2) is 140 Å². The third kappa shape index (κ3) is 11.0. The lowest BCUT2D eigenvalue weighted by molar-refractivity contribution is -0.137. The minimum atomic E-state index is -2.90. The first kappa shape index (κ1) is 50.2. The molecule has 0 radical (unpaired) electrons. The zero-order valence-corrected chi connectivity index (χ0v) is 42.1. The van der Waals surface area contributed by atoms with E-state index in [0.717, 1.165) is 63.1 Å². The van der Waals surface area contributed by atoms with Gasteiger partial charge in [-0.1, -0.05) is 36.1 Å². The summed E-state index contributed by atoms with van der Waals surface area (Å²) in [6.45, 7) is 13.6. The van der Waals surface area contributed by atoms with Crippen LogP contribution >= 0.6 is 18.7 Å². The number of piperazine rings is 1. The van der Waals surface area contributed by atoms with Crippen LogP contribution in [-0.2, 0) is 25.5 Å². The quantitative estimate of drug-likeness (QED) is 0.0363. The third-order valence-electron chi connectivity index (χ3n) is 13.6. The van der Waals surface area contributed by atoms with Crippen LogP contribution in [0.1, 0.15) is 60.0 Å². The van der Waals surface area contributed by atoms with E-state index in [1.807, 2.05) is 12.1 Å². The number of hydrogen-bond donors (Lipinski definition) is 4. The van der Waals surface area contributed by atoms with Crippen molar-refractivity contribution in [2.75, 3.05) is 100 Å². The molecule has 5 aliphatic heterocycles. The van der Waals surface area contributed by atoms with Crippen molar-refractivity contribution in [3.8, 4) is 29.1 Å². The molecule has 0 aliphatic carbocycles. The Balaban J connectivity index is 0.797. The summed E-state index contributed by atoms with van der Waals surface area (Å²) in [7, 11) is -1.38. The van der Waals surface area contributed by atoms with Crippen molar-refractivity contribution < 1.29 is 42.3 Å². The van der Waals surface area contributed by atoms with Gasteiger partial charge < -0.3 is 49.4 Å². The van der Waals surface area contributed by atoms with Crippen molar-refractivity contribution in [3.63, 3.8) is 0 Å². The highest BCUT2D eigenvalue weighted by atomic mass is 35.5. The van der Waals surface area contributed by atoms with E-state index in [-0.39, 0.29) is 35.0 Å². The highest BCUT2D eigenvalue weighted by molar-refractivity contribution is 7.70. The summed E-state index contributed by atoms with van der Waals surface area (Å²) >= 11 is 6.59. The number of fused-ring (bicyclic) bond motifs is 2. The summed E-state index contributed by atoms with van der Waals surface area (Å²) in [5.74, 6) is 5.21. The van der Waals surface area contributed by atoms with E-state index in [4.69, 9.17) is 25.8 Å². The van der Waals surface area contributed by atoms with E-state index >= 15 is 0 Å². The number of halogens is 2. The number of imide groups is 1. The number of aromatic nitrogens is 2. The highest BCUT2D eigenvalue weighted by Gasteiger charge is 2.40. The summed E-state index contributed by atoms with van der Waals surface area (Å²) in [6.07, 6.45) is 5.32. The molecule has 3 aromatic carbocycles. The number of anilines is 6. The van der Waals surface area contributed by atoms with Gasteiger partial charge in [-0.15, -0.1) is 0 Å². The molecule has 3 fully saturated rings. The van der Waals surface area contributed by atoms with E-state index in [1.54, 1.807) is 48.6 Å². The van der Waals surface area contributed by atoms with Gasteiger partial charge in [0.2, 0.25) is 17.8 Å². The van der Waals surface area contributed by atoms with Gasteiger partial charge in [-0.05, 0) is 81.5 Å². The van der Waals surface area contributed by atoms with Crippen LogP contribution in [0.5, 0.6) is 17.2 Å². The molecule has 5 aliphatic rings. The van der Waals surface area contributed by atoms with E-state index in [9.17, 15) is 28.1 Å². The van der Waals surface area contributed by atoms with Crippen LogP contribution in [0.2, 0.25) is 5.02 Å². The maximum absolute atomic E-state index is 14.2. The number of hydrogen-bond acceptors (Lipinski definition) is 15. The molecule has 72 heavy (non-hydrogen) atoms. The number of benzene rings is 3. The van der Waals surface area contributed by atoms with E-state index in [0.29, 0.717) is 103 Å². The number of ether oxygens (including phenoxy) is 3. The molecule has 378 valence electrons. The summed E-state index contributed by atoms with van der Waals surface area (Å²) < 4.78 is 45.2. The fourth-order valence-electron chi connectivity index (χ4n) is 9.96. The van der Waals surface area contributed by atoms with Crippen molar-refractivity contribution in [2.24, 2.45) is 0 Å². The normalized spacial score (nSPS) is 18.5. The molecule has 9 rings (SSSR count). The van der Waals surface area contributed by atoms with Crippen molar-refractivity contribution >= 4 is 82.2 Å². The van der Waals surface area contributed by atoms with E-state index in [1.165, 1.54) is 13.3 Å². The predicted molar refractivity (Wildman–Crippen MR) is 274 cm³/mol. The lowest BCUT2D eigenvalue weighted by atomic mass is 10.0. The molecule has 1 unspecified atom stereocenters.